The third-order valence-electron chi connectivity index (χ3n) is 2.74. The first-order chi connectivity index (χ1) is 10.2. The first-order valence-electron chi connectivity index (χ1n) is 6.94. The number of carbonyl (C=O) groups excluding carboxylic acids is 1. The molecule has 1 aromatic carbocycles. The number of amides is 1. The summed E-state index contributed by atoms with van der Waals surface area (Å²) < 4.78 is 15.7. The van der Waals surface area contributed by atoms with Gasteiger partial charge in [0.1, 0.15) is 11.5 Å². The number of methoxy groups -OCH3 is 1. The first kappa shape index (κ1) is 17.3. The van der Waals surface area contributed by atoms with E-state index < -0.39 is 6.10 Å². The van der Waals surface area contributed by atoms with Crippen molar-refractivity contribution in [2.45, 2.75) is 19.4 Å². The Labute approximate surface area is 125 Å². The Morgan fingerprint density at radius 2 is 1.90 bits per heavy atom. The minimum absolute atomic E-state index is 0.0130. The summed E-state index contributed by atoms with van der Waals surface area (Å²) in [6, 6.07) is 7.06. The van der Waals surface area contributed by atoms with E-state index in [1.807, 2.05) is 0 Å². The number of rotatable bonds is 10. The Balaban J connectivity index is 2.23. The lowest BCUT2D eigenvalue weighted by molar-refractivity contribution is -0.127. The van der Waals surface area contributed by atoms with Gasteiger partial charge in [0.15, 0.2) is 6.10 Å². The Morgan fingerprint density at radius 3 is 2.52 bits per heavy atom. The van der Waals surface area contributed by atoms with E-state index in [0.29, 0.717) is 31.9 Å². The van der Waals surface area contributed by atoms with Crippen molar-refractivity contribution < 1.29 is 24.1 Å². The van der Waals surface area contributed by atoms with Crippen molar-refractivity contribution >= 4 is 5.91 Å². The fourth-order valence-corrected chi connectivity index (χ4v) is 1.61. The molecule has 0 saturated heterocycles. The fraction of sp³-hybridized carbons (Fsp3) is 0.533. The first-order valence-corrected chi connectivity index (χ1v) is 6.94. The molecule has 0 bridgehead atoms. The molecule has 6 heteroatoms. The van der Waals surface area contributed by atoms with Gasteiger partial charge in [-0.1, -0.05) is 0 Å². The van der Waals surface area contributed by atoms with Gasteiger partial charge in [-0.3, -0.25) is 4.79 Å². The number of aliphatic hydroxyl groups is 1. The summed E-state index contributed by atoms with van der Waals surface area (Å²) in [7, 11) is 1.59. The number of aliphatic hydroxyl groups excluding tert-OH is 1. The maximum atomic E-state index is 11.8. The topological polar surface area (TPSA) is 77.0 Å². The molecule has 2 N–H and O–H groups in total. The Hall–Kier alpha value is -1.79. The lowest BCUT2D eigenvalue weighted by Crippen LogP contribution is -2.37. The van der Waals surface area contributed by atoms with Gasteiger partial charge < -0.3 is 24.6 Å². The molecule has 0 spiro atoms. The lowest BCUT2D eigenvalue weighted by atomic mass is 10.3. The van der Waals surface area contributed by atoms with Gasteiger partial charge in [0.05, 0.1) is 20.3 Å². The Bertz CT molecular complexity index is 407. The maximum Gasteiger partial charge on any atom is 0.260 e. The molecule has 0 heterocycles. The lowest BCUT2D eigenvalue weighted by Gasteiger charge is -2.15. The average molecular weight is 297 g/mol. The number of hydrogen-bond acceptors (Lipinski definition) is 5. The largest absolute Gasteiger partial charge is 0.497 e. The van der Waals surface area contributed by atoms with Gasteiger partial charge in [-0.2, -0.15) is 0 Å². The Morgan fingerprint density at radius 1 is 1.24 bits per heavy atom. The summed E-state index contributed by atoms with van der Waals surface area (Å²) in [5, 5.41) is 11.3. The number of ether oxygens (including phenoxy) is 3. The summed E-state index contributed by atoms with van der Waals surface area (Å²) >= 11 is 0. The van der Waals surface area contributed by atoms with Crippen LogP contribution in [0.1, 0.15) is 13.3 Å². The number of carbonyl (C=O) groups is 1. The SMILES string of the molecule is COc1ccc(OC(C)C(=O)NCCCOCCO)cc1. The zero-order valence-electron chi connectivity index (χ0n) is 12.5. The van der Waals surface area contributed by atoms with E-state index in [0.717, 1.165) is 5.75 Å². The summed E-state index contributed by atoms with van der Waals surface area (Å²) in [5.74, 6) is 1.18. The van der Waals surface area contributed by atoms with Crippen molar-refractivity contribution in [3.63, 3.8) is 0 Å². The molecule has 118 valence electrons. The summed E-state index contributed by atoms with van der Waals surface area (Å²) in [6.45, 7) is 3.06. The van der Waals surface area contributed by atoms with E-state index in [-0.39, 0.29) is 12.5 Å². The quantitative estimate of drug-likeness (QED) is 0.630. The zero-order chi connectivity index (χ0) is 15.5. The second kappa shape index (κ2) is 10.0. The van der Waals surface area contributed by atoms with Crippen molar-refractivity contribution in [2.24, 2.45) is 0 Å². The van der Waals surface area contributed by atoms with Crippen LogP contribution in [0.15, 0.2) is 24.3 Å². The third-order valence-corrected chi connectivity index (χ3v) is 2.74. The average Bonchev–Trinajstić information content (AvgIpc) is 2.51. The van der Waals surface area contributed by atoms with Crippen LogP contribution in [-0.4, -0.2) is 50.6 Å². The van der Waals surface area contributed by atoms with Crippen LogP contribution in [0.5, 0.6) is 11.5 Å². The van der Waals surface area contributed by atoms with E-state index in [1.165, 1.54) is 0 Å². The second-order valence-electron chi connectivity index (χ2n) is 4.42. The van der Waals surface area contributed by atoms with Crippen LogP contribution >= 0.6 is 0 Å². The second-order valence-corrected chi connectivity index (χ2v) is 4.42. The van der Waals surface area contributed by atoms with E-state index in [9.17, 15) is 4.79 Å². The van der Waals surface area contributed by atoms with Crippen molar-refractivity contribution in [3.05, 3.63) is 24.3 Å². The van der Waals surface area contributed by atoms with Crippen LogP contribution in [0.4, 0.5) is 0 Å². The van der Waals surface area contributed by atoms with Crippen molar-refractivity contribution in [3.8, 4) is 11.5 Å². The molecule has 0 aliphatic carbocycles. The molecule has 1 unspecified atom stereocenters. The summed E-state index contributed by atoms with van der Waals surface area (Å²) in [5.41, 5.74) is 0. The molecule has 0 fully saturated rings. The zero-order valence-corrected chi connectivity index (χ0v) is 12.5. The van der Waals surface area contributed by atoms with Crippen LogP contribution in [0.25, 0.3) is 0 Å². The van der Waals surface area contributed by atoms with Crippen molar-refractivity contribution in [2.75, 3.05) is 33.5 Å². The van der Waals surface area contributed by atoms with Crippen LogP contribution < -0.4 is 14.8 Å². The van der Waals surface area contributed by atoms with E-state index in [1.54, 1.807) is 38.3 Å². The van der Waals surface area contributed by atoms with Gasteiger partial charge in [0.2, 0.25) is 0 Å². The molecule has 0 aromatic heterocycles. The van der Waals surface area contributed by atoms with E-state index in [4.69, 9.17) is 19.3 Å². The number of benzene rings is 1. The minimum atomic E-state index is -0.572. The van der Waals surface area contributed by atoms with Crippen LogP contribution in [0.2, 0.25) is 0 Å². The van der Waals surface area contributed by atoms with Gasteiger partial charge in [0, 0.05) is 13.2 Å². The van der Waals surface area contributed by atoms with Crippen LogP contribution in [-0.2, 0) is 9.53 Å². The minimum Gasteiger partial charge on any atom is -0.497 e. The highest BCUT2D eigenvalue weighted by Crippen LogP contribution is 2.18. The smallest absolute Gasteiger partial charge is 0.260 e. The van der Waals surface area contributed by atoms with E-state index >= 15 is 0 Å². The molecular weight excluding hydrogens is 274 g/mol. The fourth-order valence-electron chi connectivity index (χ4n) is 1.61. The van der Waals surface area contributed by atoms with Crippen molar-refractivity contribution in [1.29, 1.82) is 0 Å². The molecular formula is C15H23NO5. The highest BCUT2D eigenvalue weighted by molar-refractivity contribution is 5.80. The van der Waals surface area contributed by atoms with Gasteiger partial charge in [-0.15, -0.1) is 0 Å². The molecule has 0 aliphatic heterocycles. The highest BCUT2D eigenvalue weighted by atomic mass is 16.5. The number of nitrogens with one attached hydrogen (secondary N) is 1. The van der Waals surface area contributed by atoms with Crippen LogP contribution in [0, 0.1) is 0 Å². The molecule has 1 rings (SSSR count). The predicted molar refractivity (Wildman–Crippen MR) is 78.6 cm³/mol. The maximum absolute atomic E-state index is 11.8. The normalized spacial score (nSPS) is 11.8. The standard InChI is InChI=1S/C15H23NO5/c1-12(15(18)16-8-3-10-20-11-9-17)21-14-6-4-13(19-2)5-7-14/h4-7,12,17H,3,8-11H2,1-2H3,(H,16,18). The Kier molecular flexibility index (Phi) is 8.23. The molecule has 6 nitrogen and oxygen atoms in total. The van der Waals surface area contributed by atoms with Gasteiger partial charge >= 0.3 is 0 Å². The molecule has 21 heavy (non-hydrogen) atoms. The highest BCUT2D eigenvalue weighted by Gasteiger charge is 2.13. The van der Waals surface area contributed by atoms with E-state index in [2.05, 4.69) is 5.32 Å². The molecule has 1 atom stereocenters. The molecule has 1 amide bonds. The van der Waals surface area contributed by atoms with Crippen LogP contribution in [0.3, 0.4) is 0 Å². The van der Waals surface area contributed by atoms with Crippen molar-refractivity contribution in [1.82, 2.24) is 5.32 Å². The van der Waals surface area contributed by atoms with Gasteiger partial charge in [0.25, 0.3) is 5.91 Å². The summed E-state index contributed by atoms with van der Waals surface area (Å²) in [4.78, 5) is 11.8. The third kappa shape index (κ3) is 6.97. The molecule has 0 radical (unpaired) electrons. The molecule has 0 saturated carbocycles. The monoisotopic (exact) mass is 297 g/mol. The predicted octanol–water partition coefficient (Wildman–Crippen LogP) is 0.978. The molecule has 0 aliphatic rings. The van der Waals surface area contributed by atoms with Gasteiger partial charge in [-0.25, -0.2) is 0 Å². The summed E-state index contributed by atoms with van der Waals surface area (Å²) in [6.07, 6.45) is 0.123. The van der Waals surface area contributed by atoms with Gasteiger partial charge in [-0.05, 0) is 37.6 Å². The molecule has 1 aromatic rings. The number of hydrogen-bond donors (Lipinski definition) is 2.